The number of benzene rings is 1. The lowest BCUT2D eigenvalue weighted by Gasteiger charge is -2.16. The fraction of sp³-hybridized carbons (Fsp3) is 0.538. The number of anilines is 2. The van der Waals surface area contributed by atoms with E-state index in [-0.39, 0.29) is 0 Å². The molecule has 5 nitrogen and oxygen atoms in total. The maximum Gasteiger partial charge on any atom is 0.229 e. The van der Waals surface area contributed by atoms with Crippen LogP contribution in [0.15, 0.2) is 18.2 Å². The average molecular weight is 286 g/mol. The molecule has 0 radical (unpaired) electrons. The Bertz CT molecular complexity index is 515. The highest BCUT2D eigenvalue weighted by Gasteiger charge is 2.07. The van der Waals surface area contributed by atoms with Gasteiger partial charge in [-0.3, -0.25) is 4.72 Å². The number of hydrogen-bond acceptors (Lipinski definition) is 4. The van der Waals surface area contributed by atoms with Crippen LogP contribution in [0.5, 0.6) is 0 Å². The highest BCUT2D eigenvalue weighted by molar-refractivity contribution is 7.92. The van der Waals surface area contributed by atoms with Crippen molar-refractivity contribution in [1.82, 2.24) is 0 Å². The van der Waals surface area contributed by atoms with Crippen molar-refractivity contribution in [2.75, 3.05) is 30.0 Å². The van der Waals surface area contributed by atoms with Gasteiger partial charge in [-0.05, 0) is 44.0 Å². The van der Waals surface area contributed by atoms with Crippen molar-refractivity contribution >= 4 is 21.4 Å². The first-order valence-electron chi connectivity index (χ1n) is 6.15. The third kappa shape index (κ3) is 5.94. The second-order valence-electron chi connectivity index (χ2n) is 4.73. The quantitative estimate of drug-likeness (QED) is 0.806. The molecule has 0 bridgehead atoms. The lowest BCUT2D eigenvalue weighted by molar-refractivity contribution is 0.191. The fourth-order valence-corrected chi connectivity index (χ4v) is 2.35. The topological polar surface area (TPSA) is 67.4 Å². The van der Waals surface area contributed by atoms with Crippen LogP contribution in [-0.2, 0) is 14.8 Å². The summed E-state index contributed by atoms with van der Waals surface area (Å²) in [4.78, 5) is 0. The van der Waals surface area contributed by atoms with Gasteiger partial charge in [-0.2, -0.15) is 0 Å². The summed E-state index contributed by atoms with van der Waals surface area (Å²) in [5.74, 6) is 0. The van der Waals surface area contributed by atoms with Crippen molar-refractivity contribution in [2.45, 2.75) is 26.3 Å². The number of ether oxygens (including phenoxy) is 1. The normalized spacial score (nSPS) is 13.1. The van der Waals surface area contributed by atoms with Crippen LogP contribution in [0.4, 0.5) is 11.4 Å². The summed E-state index contributed by atoms with van der Waals surface area (Å²) in [5, 5.41) is 3.35. The minimum Gasteiger partial charge on any atom is -0.385 e. The van der Waals surface area contributed by atoms with Gasteiger partial charge in [-0.25, -0.2) is 8.42 Å². The van der Waals surface area contributed by atoms with Gasteiger partial charge in [-0.15, -0.1) is 0 Å². The van der Waals surface area contributed by atoms with Crippen molar-refractivity contribution in [2.24, 2.45) is 0 Å². The molecule has 2 N–H and O–H groups in total. The Kier molecular flexibility index (Phi) is 5.62. The molecular weight excluding hydrogens is 264 g/mol. The predicted octanol–water partition coefficient (Wildman–Crippen LogP) is 2.20. The minimum atomic E-state index is -3.23. The molecule has 0 spiro atoms. The first kappa shape index (κ1) is 15.8. The van der Waals surface area contributed by atoms with Crippen LogP contribution in [0.1, 0.15) is 18.9 Å². The molecule has 19 heavy (non-hydrogen) atoms. The Morgan fingerprint density at radius 3 is 2.58 bits per heavy atom. The van der Waals surface area contributed by atoms with Gasteiger partial charge in [-0.1, -0.05) is 0 Å². The molecule has 0 fully saturated rings. The third-order valence-electron chi connectivity index (χ3n) is 2.69. The van der Waals surface area contributed by atoms with Gasteiger partial charge in [0.05, 0.1) is 11.9 Å². The molecule has 1 unspecified atom stereocenters. The average Bonchev–Trinajstić information content (AvgIpc) is 2.28. The van der Waals surface area contributed by atoms with E-state index < -0.39 is 10.0 Å². The number of hydrogen-bond donors (Lipinski definition) is 2. The number of sulfonamides is 1. The minimum absolute atomic E-state index is 0.299. The van der Waals surface area contributed by atoms with E-state index in [4.69, 9.17) is 4.74 Å². The second-order valence-corrected chi connectivity index (χ2v) is 6.48. The van der Waals surface area contributed by atoms with E-state index in [2.05, 4.69) is 17.0 Å². The van der Waals surface area contributed by atoms with Gasteiger partial charge >= 0.3 is 0 Å². The van der Waals surface area contributed by atoms with Crippen LogP contribution in [0, 0.1) is 6.92 Å². The molecule has 6 heteroatoms. The van der Waals surface area contributed by atoms with Crippen LogP contribution in [0.25, 0.3) is 0 Å². The summed E-state index contributed by atoms with van der Waals surface area (Å²) in [5.41, 5.74) is 2.46. The van der Waals surface area contributed by atoms with Crippen molar-refractivity contribution in [3.63, 3.8) is 0 Å². The lowest BCUT2D eigenvalue weighted by Crippen LogP contribution is -2.17. The lowest BCUT2D eigenvalue weighted by atomic mass is 10.1. The fourth-order valence-electron chi connectivity index (χ4n) is 1.72. The maximum absolute atomic E-state index is 11.2. The van der Waals surface area contributed by atoms with E-state index in [1.807, 2.05) is 19.1 Å². The number of methoxy groups -OCH3 is 1. The Hall–Kier alpha value is -1.27. The van der Waals surface area contributed by atoms with Gasteiger partial charge in [0.15, 0.2) is 0 Å². The Balaban J connectivity index is 2.71. The second kappa shape index (κ2) is 6.77. The summed E-state index contributed by atoms with van der Waals surface area (Å²) in [6.45, 7) is 4.66. The Morgan fingerprint density at radius 2 is 2.05 bits per heavy atom. The van der Waals surface area contributed by atoms with Crippen LogP contribution >= 0.6 is 0 Å². The Morgan fingerprint density at radius 1 is 1.37 bits per heavy atom. The molecule has 0 aromatic heterocycles. The van der Waals surface area contributed by atoms with Crippen LogP contribution in [0.2, 0.25) is 0 Å². The third-order valence-corrected chi connectivity index (χ3v) is 3.28. The summed E-state index contributed by atoms with van der Waals surface area (Å²) in [6, 6.07) is 5.86. The first-order valence-corrected chi connectivity index (χ1v) is 8.05. The van der Waals surface area contributed by atoms with E-state index in [9.17, 15) is 8.42 Å². The molecule has 0 amide bonds. The highest BCUT2D eigenvalue weighted by Crippen LogP contribution is 2.21. The van der Waals surface area contributed by atoms with Crippen molar-refractivity contribution in [3.05, 3.63) is 23.8 Å². The Labute approximate surface area is 115 Å². The van der Waals surface area contributed by atoms with E-state index in [0.29, 0.717) is 18.3 Å². The van der Waals surface area contributed by atoms with E-state index in [0.717, 1.165) is 23.9 Å². The van der Waals surface area contributed by atoms with Crippen molar-refractivity contribution < 1.29 is 13.2 Å². The molecular formula is C13H22N2O3S. The molecule has 1 atom stereocenters. The molecule has 0 saturated heterocycles. The van der Waals surface area contributed by atoms with Gasteiger partial charge in [0, 0.05) is 25.4 Å². The van der Waals surface area contributed by atoms with Crippen LogP contribution in [-0.4, -0.2) is 34.4 Å². The molecule has 108 valence electrons. The standard InChI is InChI=1S/C13H22N2O3S/c1-10-9-12(14-11(2)7-8-18-3)5-6-13(10)15-19(4,16)17/h5-6,9,11,14-15H,7-8H2,1-4H3. The molecule has 1 aromatic rings. The molecule has 0 aliphatic heterocycles. The SMILES string of the molecule is COCCC(C)Nc1ccc(NS(C)(=O)=O)c(C)c1. The number of rotatable bonds is 7. The van der Waals surface area contributed by atoms with Gasteiger partial charge in [0.1, 0.15) is 0 Å². The number of nitrogens with one attached hydrogen (secondary N) is 2. The molecule has 0 aliphatic carbocycles. The zero-order valence-corrected chi connectivity index (χ0v) is 12.7. The smallest absolute Gasteiger partial charge is 0.229 e. The molecule has 0 saturated carbocycles. The molecule has 1 rings (SSSR count). The first-order chi connectivity index (χ1) is 8.81. The van der Waals surface area contributed by atoms with Crippen molar-refractivity contribution in [3.8, 4) is 0 Å². The van der Waals surface area contributed by atoms with Crippen molar-refractivity contribution in [1.29, 1.82) is 0 Å². The highest BCUT2D eigenvalue weighted by atomic mass is 32.2. The molecule has 0 heterocycles. The predicted molar refractivity (Wildman–Crippen MR) is 79.2 cm³/mol. The summed E-state index contributed by atoms with van der Waals surface area (Å²) < 4.78 is 29.9. The maximum atomic E-state index is 11.2. The van der Waals surface area contributed by atoms with Crippen LogP contribution in [0.3, 0.4) is 0 Å². The van der Waals surface area contributed by atoms with Gasteiger partial charge < -0.3 is 10.1 Å². The van der Waals surface area contributed by atoms with E-state index >= 15 is 0 Å². The zero-order valence-electron chi connectivity index (χ0n) is 11.9. The van der Waals surface area contributed by atoms with Crippen LogP contribution < -0.4 is 10.0 Å². The summed E-state index contributed by atoms with van der Waals surface area (Å²) >= 11 is 0. The van der Waals surface area contributed by atoms with E-state index in [1.54, 1.807) is 13.2 Å². The zero-order chi connectivity index (χ0) is 14.5. The van der Waals surface area contributed by atoms with E-state index in [1.165, 1.54) is 0 Å². The summed E-state index contributed by atoms with van der Waals surface area (Å²) in [7, 11) is -1.55. The van der Waals surface area contributed by atoms with Gasteiger partial charge in [0.25, 0.3) is 0 Å². The monoisotopic (exact) mass is 286 g/mol. The largest absolute Gasteiger partial charge is 0.385 e. The summed E-state index contributed by atoms with van der Waals surface area (Å²) in [6.07, 6.45) is 2.06. The number of aryl methyl sites for hydroxylation is 1. The van der Waals surface area contributed by atoms with Gasteiger partial charge in [0.2, 0.25) is 10.0 Å². The molecule has 0 aliphatic rings. The molecule has 1 aromatic carbocycles.